The molecule has 0 fully saturated rings. The fraction of sp³-hybridized carbons (Fsp3) is 0.364. The summed E-state index contributed by atoms with van der Waals surface area (Å²) in [5, 5.41) is 10.9. The van der Waals surface area contributed by atoms with E-state index in [4.69, 9.17) is 9.47 Å². The minimum Gasteiger partial charge on any atom is -0.493 e. The number of nitrogens with zero attached hydrogens (tertiary/aromatic N) is 1. The van der Waals surface area contributed by atoms with Gasteiger partial charge in [-0.2, -0.15) is 0 Å². The number of ether oxygens (including phenoxy) is 2. The molecule has 0 spiro atoms. The number of nitro benzene ring substituents is 1. The van der Waals surface area contributed by atoms with Gasteiger partial charge in [-0.25, -0.2) is 0 Å². The fourth-order valence-corrected chi connectivity index (χ4v) is 1.36. The highest BCUT2D eigenvalue weighted by Crippen LogP contribution is 2.39. The summed E-state index contributed by atoms with van der Waals surface area (Å²) >= 11 is 0. The van der Waals surface area contributed by atoms with E-state index in [0.29, 0.717) is 19.3 Å². The van der Waals surface area contributed by atoms with Gasteiger partial charge in [0.15, 0.2) is 12.0 Å². The van der Waals surface area contributed by atoms with Crippen LogP contribution >= 0.6 is 0 Å². The smallest absolute Gasteiger partial charge is 0.325 e. The molecular formula is C11H13NO5. The van der Waals surface area contributed by atoms with E-state index in [1.165, 1.54) is 19.2 Å². The molecule has 1 aromatic rings. The fourth-order valence-electron chi connectivity index (χ4n) is 1.36. The number of aldehydes is 1. The van der Waals surface area contributed by atoms with E-state index in [9.17, 15) is 14.9 Å². The molecule has 0 radical (unpaired) electrons. The largest absolute Gasteiger partial charge is 0.493 e. The molecule has 17 heavy (non-hydrogen) atoms. The SMILES string of the molecule is CCCOc1c(OC)ccc(C=O)c1[N+](=O)[O-]. The highest BCUT2D eigenvalue weighted by molar-refractivity contribution is 5.85. The van der Waals surface area contributed by atoms with E-state index in [-0.39, 0.29) is 22.7 Å². The Labute approximate surface area is 98.3 Å². The van der Waals surface area contributed by atoms with Crippen LogP contribution in [0.3, 0.4) is 0 Å². The van der Waals surface area contributed by atoms with Gasteiger partial charge in [0.05, 0.1) is 24.2 Å². The summed E-state index contributed by atoms with van der Waals surface area (Å²) in [5.41, 5.74) is -0.380. The predicted octanol–water partition coefficient (Wildman–Crippen LogP) is 2.20. The topological polar surface area (TPSA) is 78.7 Å². The maximum atomic E-state index is 10.9. The quantitative estimate of drug-likeness (QED) is 0.432. The second kappa shape index (κ2) is 5.83. The second-order valence-corrected chi connectivity index (χ2v) is 3.26. The van der Waals surface area contributed by atoms with E-state index < -0.39 is 4.92 Å². The summed E-state index contributed by atoms with van der Waals surface area (Å²) in [5.74, 6) is 0.250. The predicted molar refractivity (Wildman–Crippen MR) is 60.8 cm³/mol. The molecule has 0 saturated heterocycles. The molecule has 0 aliphatic carbocycles. The maximum absolute atomic E-state index is 10.9. The number of methoxy groups -OCH3 is 1. The van der Waals surface area contributed by atoms with Crippen LogP contribution in [0.15, 0.2) is 12.1 Å². The number of benzene rings is 1. The Morgan fingerprint density at radius 2 is 2.18 bits per heavy atom. The van der Waals surface area contributed by atoms with E-state index in [0.717, 1.165) is 0 Å². The maximum Gasteiger partial charge on any atom is 0.325 e. The zero-order chi connectivity index (χ0) is 12.8. The van der Waals surface area contributed by atoms with Gasteiger partial charge in [0, 0.05) is 0 Å². The van der Waals surface area contributed by atoms with Crippen molar-refractivity contribution in [2.75, 3.05) is 13.7 Å². The number of carbonyl (C=O) groups is 1. The number of nitro groups is 1. The van der Waals surface area contributed by atoms with Crippen molar-refractivity contribution < 1.29 is 19.2 Å². The molecule has 0 amide bonds. The summed E-state index contributed by atoms with van der Waals surface area (Å²) in [4.78, 5) is 21.1. The summed E-state index contributed by atoms with van der Waals surface area (Å²) in [7, 11) is 1.39. The van der Waals surface area contributed by atoms with Gasteiger partial charge in [0.25, 0.3) is 0 Å². The van der Waals surface area contributed by atoms with Crippen molar-refractivity contribution in [1.82, 2.24) is 0 Å². The van der Waals surface area contributed by atoms with E-state index in [1.54, 1.807) is 0 Å². The summed E-state index contributed by atoms with van der Waals surface area (Å²) in [6.07, 6.45) is 1.13. The van der Waals surface area contributed by atoms with Crippen molar-refractivity contribution in [1.29, 1.82) is 0 Å². The van der Waals surface area contributed by atoms with Crippen molar-refractivity contribution in [2.24, 2.45) is 0 Å². The minimum atomic E-state index is -0.642. The van der Waals surface area contributed by atoms with Gasteiger partial charge in [0.1, 0.15) is 0 Å². The summed E-state index contributed by atoms with van der Waals surface area (Å²) in [6.45, 7) is 2.20. The lowest BCUT2D eigenvalue weighted by Crippen LogP contribution is -2.04. The molecule has 0 heterocycles. The van der Waals surface area contributed by atoms with Gasteiger partial charge in [-0.05, 0) is 18.6 Å². The highest BCUT2D eigenvalue weighted by atomic mass is 16.6. The third-order valence-corrected chi connectivity index (χ3v) is 2.11. The van der Waals surface area contributed by atoms with Crippen LogP contribution < -0.4 is 9.47 Å². The van der Waals surface area contributed by atoms with Crippen LogP contribution in [0, 0.1) is 10.1 Å². The lowest BCUT2D eigenvalue weighted by Gasteiger charge is -2.10. The van der Waals surface area contributed by atoms with Gasteiger partial charge >= 0.3 is 5.69 Å². The Bertz CT molecular complexity index is 430. The molecule has 0 unspecified atom stereocenters. The zero-order valence-corrected chi connectivity index (χ0v) is 9.63. The molecule has 6 nitrogen and oxygen atoms in total. The Morgan fingerprint density at radius 3 is 2.65 bits per heavy atom. The summed E-state index contributed by atoms with van der Waals surface area (Å²) in [6, 6.07) is 2.81. The normalized spacial score (nSPS) is 9.76. The first-order valence-electron chi connectivity index (χ1n) is 5.09. The molecule has 0 aliphatic heterocycles. The first-order valence-corrected chi connectivity index (χ1v) is 5.09. The highest BCUT2D eigenvalue weighted by Gasteiger charge is 2.25. The van der Waals surface area contributed by atoms with Crippen LogP contribution in [-0.2, 0) is 0 Å². The first kappa shape index (κ1) is 13.0. The minimum absolute atomic E-state index is 0.00366. The molecule has 0 N–H and O–H groups in total. The first-order chi connectivity index (χ1) is 8.15. The Hall–Kier alpha value is -2.11. The van der Waals surface area contributed by atoms with Gasteiger partial charge in [-0.15, -0.1) is 0 Å². The lowest BCUT2D eigenvalue weighted by molar-refractivity contribution is -0.386. The van der Waals surface area contributed by atoms with Gasteiger partial charge in [-0.3, -0.25) is 14.9 Å². The number of hydrogen-bond acceptors (Lipinski definition) is 5. The van der Waals surface area contributed by atoms with Gasteiger partial charge in [-0.1, -0.05) is 6.92 Å². The number of hydrogen-bond donors (Lipinski definition) is 0. The van der Waals surface area contributed by atoms with Crippen LogP contribution in [0.25, 0.3) is 0 Å². The molecule has 1 rings (SSSR count). The van der Waals surface area contributed by atoms with Crippen LogP contribution in [0.2, 0.25) is 0 Å². The molecule has 6 heteroatoms. The second-order valence-electron chi connectivity index (χ2n) is 3.26. The van der Waals surface area contributed by atoms with Crippen LogP contribution in [-0.4, -0.2) is 24.9 Å². The molecule has 0 saturated carbocycles. The summed E-state index contributed by atoms with van der Waals surface area (Å²) < 4.78 is 10.3. The van der Waals surface area contributed by atoms with Crippen molar-refractivity contribution in [3.63, 3.8) is 0 Å². The van der Waals surface area contributed by atoms with Gasteiger partial charge < -0.3 is 9.47 Å². The van der Waals surface area contributed by atoms with E-state index >= 15 is 0 Å². The van der Waals surface area contributed by atoms with Crippen molar-refractivity contribution in [2.45, 2.75) is 13.3 Å². The number of rotatable bonds is 6. The van der Waals surface area contributed by atoms with Crippen molar-refractivity contribution in [3.8, 4) is 11.5 Å². The third-order valence-electron chi connectivity index (χ3n) is 2.11. The third kappa shape index (κ3) is 2.72. The molecule has 1 aromatic carbocycles. The average molecular weight is 239 g/mol. The van der Waals surface area contributed by atoms with E-state index in [2.05, 4.69) is 0 Å². The van der Waals surface area contributed by atoms with E-state index in [1.807, 2.05) is 6.92 Å². The zero-order valence-electron chi connectivity index (χ0n) is 9.63. The Morgan fingerprint density at radius 1 is 1.47 bits per heavy atom. The molecule has 92 valence electrons. The molecule has 0 bridgehead atoms. The average Bonchev–Trinajstić information content (AvgIpc) is 2.34. The van der Waals surface area contributed by atoms with Crippen LogP contribution in [0.1, 0.15) is 23.7 Å². The van der Waals surface area contributed by atoms with Crippen molar-refractivity contribution >= 4 is 12.0 Å². The molecular weight excluding hydrogens is 226 g/mol. The van der Waals surface area contributed by atoms with Gasteiger partial charge in [0.2, 0.25) is 5.75 Å². The Kier molecular flexibility index (Phi) is 4.45. The van der Waals surface area contributed by atoms with Crippen molar-refractivity contribution in [3.05, 3.63) is 27.8 Å². The number of carbonyl (C=O) groups excluding carboxylic acids is 1. The molecule has 0 aliphatic rings. The Balaban J connectivity index is 3.35. The van der Waals surface area contributed by atoms with Crippen LogP contribution in [0.5, 0.6) is 11.5 Å². The van der Waals surface area contributed by atoms with Crippen LogP contribution in [0.4, 0.5) is 5.69 Å². The lowest BCUT2D eigenvalue weighted by atomic mass is 10.1. The standard InChI is InChI=1S/C11H13NO5/c1-3-6-17-11-9(16-2)5-4-8(7-13)10(11)12(14)15/h4-5,7H,3,6H2,1-2H3. The monoisotopic (exact) mass is 239 g/mol. The molecule has 0 aromatic heterocycles. The molecule has 0 atom stereocenters.